The van der Waals surface area contributed by atoms with Gasteiger partial charge in [0.25, 0.3) is 5.91 Å². The number of likely N-dealkylation sites (N-methyl/N-ethyl adjacent to an activating group) is 1. The van der Waals surface area contributed by atoms with E-state index < -0.39 is 5.66 Å². The summed E-state index contributed by atoms with van der Waals surface area (Å²) >= 11 is 0. The van der Waals surface area contributed by atoms with Crippen molar-refractivity contribution >= 4 is 11.6 Å². The maximum absolute atomic E-state index is 12.1. The Labute approximate surface area is 94.4 Å². The third-order valence-electron chi connectivity index (χ3n) is 3.96. The van der Waals surface area contributed by atoms with Gasteiger partial charge in [0.05, 0.1) is 5.41 Å². The lowest BCUT2D eigenvalue weighted by Gasteiger charge is -2.30. The molecule has 0 saturated carbocycles. The summed E-state index contributed by atoms with van der Waals surface area (Å²) in [5.74, 6) is -0.0359. The number of nitrogens with two attached hydrogens (primary N) is 1. The van der Waals surface area contributed by atoms with Crippen LogP contribution in [0.25, 0.3) is 0 Å². The van der Waals surface area contributed by atoms with Crippen LogP contribution in [0, 0.1) is 0 Å². The molecule has 2 aliphatic rings. The number of nitrogens with zero attached hydrogens (tertiary/aromatic N) is 1. The van der Waals surface area contributed by atoms with Gasteiger partial charge in [-0.05, 0) is 18.6 Å². The molecule has 1 aromatic rings. The standard InChI is InChI=1S/C12H15N3O/c1-11-7-15(2)10(16)12(11,13)14-9-6-4-3-5-8(9)11/h3-6,14H,7,13H2,1-2H3. The molecule has 2 heterocycles. The van der Waals surface area contributed by atoms with Crippen LogP contribution in [0.15, 0.2) is 24.3 Å². The van der Waals surface area contributed by atoms with E-state index in [-0.39, 0.29) is 11.3 Å². The highest BCUT2D eigenvalue weighted by Gasteiger charge is 2.63. The summed E-state index contributed by atoms with van der Waals surface area (Å²) in [6, 6.07) is 7.96. The highest BCUT2D eigenvalue weighted by molar-refractivity contribution is 5.96. The lowest BCUT2D eigenvalue weighted by atomic mass is 9.77. The van der Waals surface area contributed by atoms with Gasteiger partial charge >= 0.3 is 0 Å². The third-order valence-corrected chi connectivity index (χ3v) is 3.96. The van der Waals surface area contributed by atoms with Crippen molar-refractivity contribution in [1.82, 2.24) is 4.90 Å². The Morgan fingerprint density at radius 3 is 2.88 bits per heavy atom. The van der Waals surface area contributed by atoms with Gasteiger partial charge in [0.15, 0.2) is 5.66 Å². The molecule has 1 fully saturated rings. The number of rotatable bonds is 0. The SMILES string of the molecule is CN1CC2(C)c3ccccc3NC2(N)C1=O. The first-order valence-corrected chi connectivity index (χ1v) is 5.41. The topological polar surface area (TPSA) is 58.4 Å². The van der Waals surface area contributed by atoms with E-state index >= 15 is 0 Å². The van der Waals surface area contributed by atoms with E-state index in [9.17, 15) is 4.79 Å². The number of likely N-dealkylation sites (tertiary alicyclic amines) is 1. The molecule has 0 radical (unpaired) electrons. The van der Waals surface area contributed by atoms with Crippen molar-refractivity contribution in [1.29, 1.82) is 0 Å². The van der Waals surface area contributed by atoms with E-state index in [1.807, 2.05) is 31.2 Å². The van der Waals surface area contributed by atoms with Crippen LogP contribution < -0.4 is 11.1 Å². The summed E-state index contributed by atoms with van der Waals surface area (Å²) in [5.41, 5.74) is 7.08. The van der Waals surface area contributed by atoms with Crippen molar-refractivity contribution in [3.05, 3.63) is 29.8 Å². The van der Waals surface area contributed by atoms with E-state index in [0.717, 1.165) is 11.3 Å². The van der Waals surface area contributed by atoms with Crippen LogP contribution in [0.2, 0.25) is 0 Å². The van der Waals surface area contributed by atoms with Crippen molar-refractivity contribution < 1.29 is 4.79 Å². The quantitative estimate of drug-likeness (QED) is 0.665. The zero-order valence-corrected chi connectivity index (χ0v) is 9.45. The molecule has 84 valence electrons. The minimum atomic E-state index is -0.981. The fourth-order valence-electron chi connectivity index (χ4n) is 2.98. The van der Waals surface area contributed by atoms with E-state index in [1.165, 1.54) is 0 Å². The largest absolute Gasteiger partial charge is 0.359 e. The Bertz CT molecular complexity index is 487. The van der Waals surface area contributed by atoms with Gasteiger partial charge in [-0.1, -0.05) is 18.2 Å². The van der Waals surface area contributed by atoms with Crippen molar-refractivity contribution in [3.63, 3.8) is 0 Å². The predicted octanol–water partition coefficient (Wildman–Crippen LogP) is 0.497. The number of anilines is 1. The van der Waals surface area contributed by atoms with Crippen LogP contribution in [-0.2, 0) is 10.2 Å². The molecule has 0 aromatic heterocycles. The van der Waals surface area contributed by atoms with Gasteiger partial charge in [-0.3, -0.25) is 4.79 Å². The molecule has 1 saturated heterocycles. The van der Waals surface area contributed by atoms with E-state index in [2.05, 4.69) is 5.32 Å². The number of carbonyl (C=O) groups is 1. The molecule has 0 aliphatic carbocycles. The summed E-state index contributed by atoms with van der Waals surface area (Å²) in [6.45, 7) is 2.71. The molecule has 4 nitrogen and oxygen atoms in total. The van der Waals surface area contributed by atoms with Gasteiger partial charge in [-0.15, -0.1) is 0 Å². The number of amides is 1. The Balaban J connectivity index is 2.23. The van der Waals surface area contributed by atoms with E-state index in [0.29, 0.717) is 6.54 Å². The zero-order valence-electron chi connectivity index (χ0n) is 9.45. The average molecular weight is 217 g/mol. The summed E-state index contributed by atoms with van der Waals surface area (Å²) < 4.78 is 0. The van der Waals surface area contributed by atoms with Gasteiger partial charge in [0, 0.05) is 19.3 Å². The third kappa shape index (κ3) is 0.826. The number of hydrogen-bond acceptors (Lipinski definition) is 3. The van der Waals surface area contributed by atoms with Crippen LogP contribution in [-0.4, -0.2) is 30.1 Å². The first kappa shape index (κ1) is 9.66. The Morgan fingerprint density at radius 1 is 1.44 bits per heavy atom. The number of nitrogens with one attached hydrogen (secondary N) is 1. The molecule has 1 aromatic carbocycles. The normalized spacial score (nSPS) is 35.9. The molecule has 2 atom stereocenters. The number of benzene rings is 1. The summed E-state index contributed by atoms with van der Waals surface area (Å²) in [7, 11) is 1.80. The highest BCUT2D eigenvalue weighted by Crippen LogP contribution is 2.49. The summed E-state index contributed by atoms with van der Waals surface area (Å²) in [4.78, 5) is 13.8. The highest BCUT2D eigenvalue weighted by atomic mass is 16.2. The molecule has 2 aliphatic heterocycles. The number of hydrogen-bond donors (Lipinski definition) is 2. The molecule has 3 rings (SSSR count). The fraction of sp³-hybridized carbons (Fsp3) is 0.417. The Hall–Kier alpha value is -1.55. The van der Waals surface area contributed by atoms with Gasteiger partial charge in [0.2, 0.25) is 0 Å². The van der Waals surface area contributed by atoms with Crippen molar-refractivity contribution in [2.45, 2.75) is 18.0 Å². The van der Waals surface area contributed by atoms with Gasteiger partial charge in [0.1, 0.15) is 0 Å². The maximum Gasteiger partial charge on any atom is 0.263 e. The number of carbonyl (C=O) groups excluding carboxylic acids is 1. The fourth-order valence-corrected chi connectivity index (χ4v) is 2.98. The minimum absolute atomic E-state index is 0.0359. The second-order valence-corrected chi connectivity index (χ2v) is 4.97. The smallest absolute Gasteiger partial charge is 0.263 e. The van der Waals surface area contributed by atoms with Crippen molar-refractivity contribution in [3.8, 4) is 0 Å². The van der Waals surface area contributed by atoms with Crippen molar-refractivity contribution in [2.75, 3.05) is 18.9 Å². The summed E-state index contributed by atoms with van der Waals surface area (Å²) in [5, 5.41) is 3.18. The molecule has 1 amide bonds. The van der Waals surface area contributed by atoms with Gasteiger partial charge < -0.3 is 16.0 Å². The Kier molecular flexibility index (Phi) is 1.56. The van der Waals surface area contributed by atoms with E-state index in [4.69, 9.17) is 5.73 Å². The molecular formula is C12H15N3O. The van der Waals surface area contributed by atoms with Crippen molar-refractivity contribution in [2.24, 2.45) is 5.73 Å². The Morgan fingerprint density at radius 2 is 2.12 bits per heavy atom. The lowest BCUT2D eigenvalue weighted by Crippen LogP contribution is -2.60. The van der Waals surface area contributed by atoms with Crippen LogP contribution in [0.4, 0.5) is 5.69 Å². The molecule has 3 N–H and O–H groups in total. The predicted molar refractivity (Wildman–Crippen MR) is 62.0 cm³/mol. The summed E-state index contributed by atoms with van der Waals surface area (Å²) in [6.07, 6.45) is 0. The second kappa shape index (κ2) is 2.58. The minimum Gasteiger partial charge on any atom is -0.359 e. The second-order valence-electron chi connectivity index (χ2n) is 4.97. The van der Waals surface area contributed by atoms with Gasteiger partial charge in [-0.2, -0.15) is 0 Å². The molecular weight excluding hydrogens is 202 g/mol. The maximum atomic E-state index is 12.1. The first-order chi connectivity index (χ1) is 7.49. The molecule has 4 heteroatoms. The number of fused-ring (bicyclic) bond motifs is 3. The average Bonchev–Trinajstić information content (AvgIpc) is 2.57. The van der Waals surface area contributed by atoms with Gasteiger partial charge in [-0.25, -0.2) is 0 Å². The van der Waals surface area contributed by atoms with Crippen LogP contribution in [0.1, 0.15) is 12.5 Å². The van der Waals surface area contributed by atoms with Crippen LogP contribution in [0.3, 0.4) is 0 Å². The molecule has 0 bridgehead atoms. The van der Waals surface area contributed by atoms with E-state index in [1.54, 1.807) is 11.9 Å². The lowest BCUT2D eigenvalue weighted by molar-refractivity contribution is -0.130. The van der Waals surface area contributed by atoms with Crippen LogP contribution >= 0.6 is 0 Å². The molecule has 16 heavy (non-hydrogen) atoms. The zero-order chi connectivity index (χ0) is 11.6. The molecule has 0 spiro atoms. The first-order valence-electron chi connectivity index (χ1n) is 5.41. The monoisotopic (exact) mass is 217 g/mol. The van der Waals surface area contributed by atoms with Crippen LogP contribution in [0.5, 0.6) is 0 Å². The number of para-hydroxylation sites is 1. The molecule has 2 unspecified atom stereocenters.